The van der Waals surface area contributed by atoms with Crippen molar-refractivity contribution in [1.82, 2.24) is 14.9 Å². The molecular weight excluding hydrogens is 266 g/mol. The number of rotatable bonds is 9. The maximum Gasteiger partial charge on any atom is 0.144 e. The van der Waals surface area contributed by atoms with Gasteiger partial charge in [-0.15, -0.1) is 0 Å². The van der Waals surface area contributed by atoms with E-state index in [1.165, 1.54) is 0 Å². The van der Waals surface area contributed by atoms with Crippen molar-refractivity contribution in [3.63, 3.8) is 0 Å². The molecule has 0 atom stereocenters. The van der Waals surface area contributed by atoms with E-state index in [1.54, 1.807) is 20.3 Å². The van der Waals surface area contributed by atoms with E-state index < -0.39 is 0 Å². The average molecular weight is 288 g/mol. The molecule has 0 aliphatic carbocycles. The van der Waals surface area contributed by atoms with E-state index in [0.29, 0.717) is 18.3 Å². The van der Waals surface area contributed by atoms with E-state index in [0.717, 1.165) is 37.6 Å². The van der Waals surface area contributed by atoms with Gasteiger partial charge in [0.1, 0.15) is 11.0 Å². The Kier molecular flexibility index (Phi) is 7.90. The summed E-state index contributed by atoms with van der Waals surface area (Å²) in [5.74, 6) is 0.749. The summed E-state index contributed by atoms with van der Waals surface area (Å²) in [7, 11) is 3.41. The van der Waals surface area contributed by atoms with Gasteiger partial charge in [0.15, 0.2) is 0 Å². The van der Waals surface area contributed by atoms with Gasteiger partial charge in [-0.05, 0) is 19.4 Å². The van der Waals surface area contributed by atoms with E-state index in [-0.39, 0.29) is 0 Å². The zero-order valence-electron chi connectivity index (χ0n) is 11.9. The Morgan fingerprint density at radius 2 is 1.89 bits per heavy atom. The standard InChI is InChI=1S/C13H22ClN3O2/c1-11-9-12(14)16-13(15-11)10-17(6-8-19-3)5-4-7-18-2/h9H,4-8,10H2,1-3H3. The molecule has 19 heavy (non-hydrogen) atoms. The van der Waals surface area contributed by atoms with E-state index in [9.17, 15) is 0 Å². The highest BCUT2D eigenvalue weighted by Gasteiger charge is 2.09. The van der Waals surface area contributed by atoms with Crippen LogP contribution in [0.15, 0.2) is 6.07 Å². The smallest absolute Gasteiger partial charge is 0.144 e. The molecule has 6 heteroatoms. The van der Waals surface area contributed by atoms with Crippen molar-refractivity contribution < 1.29 is 9.47 Å². The maximum absolute atomic E-state index is 5.95. The molecule has 0 saturated heterocycles. The molecule has 0 spiro atoms. The Morgan fingerprint density at radius 3 is 2.53 bits per heavy atom. The first-order chi connectivity index (χ1) is 9.15. The molecule has 1 rings (SSSR count). The number of aryl methyl sites for hydroxylation is 1. The zero-order valence-corrected chi connectivity index (χ0v) is 12.6. The second-order valence-corrected chi connectivity index (χ2v) is 4.75. The summed E-state index contributed by atoms with van der Waals surface area (Å²) < 4.78 is 10.2. The van der Waals surface area contributed by atoms with E-state index in [2.05, 4.69) is 14.9 Å². The van der Waals surface area contributed by atoms with Gasteiger partial charge in [0.25, 0.3) is 0 Å². The predicted molar refractivity (Wildman–Crippen MR) is 75.4 cm³/mol. The van der Waals surface area contributed by atoms with Gasteiger partial charge < -0.3 is 9.47 Å². The molecule has 5 nitrogen and oxygen atoms in total. The fourth-order valence-electron chi connectivity index (χ4n) is 1.78. The van der Waals surface area contributed by atoms with Crippen LogP contribution in [0.25, 0.3) is 0 Å². The molecule has 0 N–H and O–H groups in total. The van der Waals surface area contributed by atoms with Crippen molar-refractivity contribution in [2.45, 2.75) is 19.9 Å². The van der Waals surface area contributed by atoms with Gasteiger partial charge in [0, 0.05) is 39.6 Å². The third-order valence-corrected chi connectivity index (χ3v) is 2.86. The van der Waals surface area contributed by atoms with Gasteiger partial charge in [-0.1, -0.05) is 11.6 Å². The van der Waals surface area contributed by atoms with Gasteiger partial charge in [0.05, 0.1) is 13.2 Å². The second kappa shape index (κ2) is 9.20. The lowest BCUT2D eigenvalue weighted by molar-refractivity contribution is 0.127. The Hall–Kier alpha value is -0.750. The Bertz CT molecular complexity index is 357. The fourth-order valence-corrected chi connectivity index (χ4v) is 2.04. The minimum absolute atomic E-state index is 0.492. The molecule has 0 unspecified atom stereocenters. The Labute approximate surface area is 119 Å². The summed E-state index contributed by atoms with van der Waals surface area (Å²) in [4.78, 5) is 10.9. The van der Waals surface area contributed by atoms with E-state index >= 15 is 0 Å². The molecule has 0 radical (unpaired) electrons. The first-order valence-electron chi connectivity index (χ1n) is 6.36. The molecule has 1 heterocycles. The second-order valence-electron chi connectivity index (χ2n) is 4.36. The summed E-state index contributed by atoms with van der Waals surface area (Å²) in [6.07, 6.45) is 0.972. The zero-order chi connectivity index (χ0) is 14.1. The van der Waals surface area contributed by atoms with Crippen molar-refractivity contribution in [1.29, 1.82) is 0 Å². The molecule has 108 valence electrons. The van der Waals surface area contributed by atoms with Crippen LogP contribution >= 0.6 is 11.6 Å². The number of hydrogen-bond acceptors (Lipinski definition) is 5. The molecule has 0 fully saturated rings. The van der Waals surface area contributed by atoms with Crippen LogP contribution in [-0.4, -0.2) is 55.4 Å². The van der Waals surface area contributed by atoms with Crippen molar-refractivity contribution in [3.8, 4) is 0 Å². The molecule has 0 aromatic carbocycles. The van der Waals surface area contributed by atoms with Crippen molar-refractivity contribution in [2.24, 2.45) is 0 Å². The van der Waals surface area contributed by atoms with Gasteiger partial charge in [-0.3, -0.25) is 4.90 Å². The van der Waals surface area contributed by atoms with E-state index in [1.807, 2.05) is 6.92 Å². The van der Waals surface area contributed by atoms with Crippen LogP contribution in [0.5, 0.6) is 0 Å². The lowest BCUT2D eigenvalue weighted by Gasteiger charge is -2.21. The fraction of sp³-hybridized carbons (Fsp3) is 0.692. The average Bonchev–Trinajstić information content (AvgIpc) is 2.34. The van der Waals surface area contributed by atoms with Crippen molar-refractivity contribution in [3.05, 3.63) is 22.7 Å². The number of nitrogens with zero attached hydrogens (tertiary/aromatic N) is 3. The Morgan fingerprint density at radius 1 is 1.16 bits per heavy atom. The summed E-state index contributed by atoms with van der Waals surface area (Å²) in [5.41, 5.74) is 0.888. The number of hydrogen-bond donors (Lipinski definition) is 0. The molecule has 0 saturated carbocycles. The molecule has 0 bridgehead atoms. The van der Waals surface area contributed by atoms with Gasteiger partial charge in [-0.25, -0.2) is 9.97 Å². The van der Waals surface area contributed by atoms with Crippen LogP contribution in [-0.2, 0) is 16.0 Å². The SMILES string of the molecule is COCCCN(CCOC)Cc1nc(C)cc(Cl)n1. The maximum atomic E-state index is 5.95. The van der Waals surface area contributed by atoms with Crippen LogP contribution in [0.4, 0.5) is 0 Å². The molecule has 0 amide bonds. The van der Waals surface area contributed by atoms with Gasteiger partial charge in [-0.2, -0.15) is 0 Å². The van der Waals surface area contributed by atoms with Crippen LogP contribution in [0.2, 0.25) is 5.15 Å². The van der Waals surface area contributed by atoms with Crippen LogP contribution in [0, 0.1) is 6.92 Å². The normalized spacial score (nSPS) is 11.2. The molecule has 1 aromatic rings. The molecule has 0 aliphatic heterocycles. The highest BCUT2D eigenvalue weighted by atomic mass is 35.5. The van der Waals surface area contributed by atoms with Crippen molar-refractivity contribution >= 4 is 11.6 Å². The highest BCUT2D eigenvalue weighted by molar-refractivity contribution is 6.29. The van der Waals surface area contributed by atoms with E-state index in [4.69, 9.17) is 21.1 Å². The number of ether oxygens (including phenoxy) is 2. The van der Waals surface area contributed by atoms with Crippen LogP contribution < -0.4 is 0 Å². The first kappa shape index (κ1) is 16.3. The number of methoxy groups -OCH3 is 2. The third-order valence-electron chi connectivity index (χ3n) is 2.67. The molecular formula is C13H22ClN3O2. The molecule has 0 aliphatic rings. The quantitative estimate of drug-likeness (QED) is 0.513. The van der Waals surface area contributed by atoms with Crippen LogP contribution in [0.3, 0.4) is 0 Å². The molecule has 1 aromatic heterocycles. The summed E-state index contributed by atoms with van der Waals surface area (Å²) in [5, 5.41) is 0.492. The summed E-state index contributed by atoms with van der Waals surface area (Å²) in [6, 6.07) is 1.76. The largest absolute Gasteiger partial charge is 0.385 e. The highest BCUT2D eigenvalue weighted by Crippen LogP contribution is 2.08. The monoisotopic (exact) mass is 287 g/mol. The summed E-state index contributed by atoms with van der Waals surface area (Å²) >= 11 is 5.95. The van der Waals surface area contributed by atoms with Gasteiger partial charge in [0.2, 0.25) is 0 Å². The van der Waals surface area contributed by atoms with Crippen molar-refractivity contribution in [2.75, 3.05) is 40.5 Å². The topological polar surface area (TPSA) is 47.5 Å². The first-order valence-corrected chi connectivity index (χ1v) is 6.73. The lowest BCUT2D eigenvalue weighted by Crippen LogP contribution is -2.29. The summed E-state index contributed by atoms with van der Waals surface area (Å²) in [6.45, 7) is 5.79. The third kappa shape index (κ3) is 6.82. The van der Waals surface area contributed by atoms with Gasteiger partial charge >= 0.3 is 0 Å². The lowest BCUT2D eigenvalue weighted by atomic mass is 10.3. The number of aromatic nitrogens is 2. The van der Waals surface area contributed by atoms with Crippen LogP contribution in [0.1, 0.15) is 17.9 Å². The minimum Gasteiger partial charge on any atom is -0.385 e. The predicted octanol–water partition coefficient (Wildman–Crippen LogP) is 1.92. The number of halogens is 1. The minimum atomic E-state index is 0.492. The Balaban J connectivity index is 2.58.